The van der Waals surface area contributed by atoms with Gasteiger partial charge in [-0.3, -0.25) is 19.5 Å². The van der Waals surface area contributed by atoms with Crippen molar-refractivity contribution in [1.29, 1.82) is 0 Å². The summed E-state index contributed by atoms with van der Waals surface area (Å²) in [6.45, 7) is 3.30. The average Bonchev–Trinajstić information content (AvgIpc) is 3.23. The molecular weight excluding hydrogens is 558 g/mol. The van der Waals surface area contributed by atoms with Gasteiger partial charge in [0.05, 0.1) is 33.1 Å². The number of nitrogens with zero attached hydrogens (tertiary/aromatic N) is 1. The molecule has 1 aromatic heterocycles. The predicted octanol–water partition coefficient (Wildman–Crippen LogP) is 4.07. The number of H-pyrrole nitrogens is 1. The molecule has 3 aromatic rings. The summed E-state index contributed by atoms with van der Waals surface area (Å²) >= 11 is 1.61. The third-order valence-corrected chi connectivity index (χ3v) is 7.77. The summed E-state index contributed by atoms with van der Waals surface area (Å²) in [6, 6.07) is 7.55. The molecule has 1 aliphatic carbocycles. The molecule has 0 bridgehead atoms. The molecule has 224 valence electrons. The first-order chi connectivity index (χ1) is 20.2. The Bertz CT molecular complexity index is 1520. The fourth-order valence-electron chi connectivity index (χ4n) is 5.21. The number of rotatable bonds is 11. The quantitative estimate of drug-likeness (QED) is 0.258. The number of hydrogen-bond acceptors (Lipinski definition) is 9. The Hall–Kier alpha value is -4.19. The van der Waals surface area contributed by atoms with Gasteiger partial charge >= 0.3 is 0 Å². The number of amides is 2. The van der Waals surface area contributed by atoms with Crippen molar-refractivity contribution in [1.82, 2.24) is 15.5 Å². The van der Waals surface area contributed by atoms with E-state index in [1.807, 2.05) is 25.3 Å². The number of methoxy groups -OCH3 is 3. The minimum Gasteiger partial charge on any atom is -0.493 e. The lowest BCUT2D eigenvalue weighted by Crippen LogP contribution is -2.36. The SMILES string of the molecule is COc1cc2c(c(OC)c1OC)-c1ccc(NC(CCSC)C(=O)Nc3cc(C)[nH]n3)c(=O)cc1[C@@H](NC(C)=O)CC2. The molecule has 0 aliphatic heterocycles. The molecule has 0 fully saturated rings. The molecule has 0 saturated carbocycles. The number of aromatic nitrogens is 2. The summed E-state index contributed by atoms with van der Waals surface area (Å²) < 4.78 is 17.1. The average molecular weight is 596 g/mol. The van der Waals surface area contributed by atoms with Gasteiger partial charge in [0.1, 0.15) is 6.04 Å². The Kier molecular flexibility index (Phi) is 10.00. The normalized spacial score (nSPS) is 14.5. The highest BCUT2D eigenvalue weighted by Crippen LogP contribution is 2.50. The van der Waals surface area contributed by atoms with E-state index >= 15 is 0 Å². The topological polar surface area (TPSA) is 144 Å². The van der Waals surface area contributed by atoms with Gasteiger partial charge in [-0.25, -0.2) is 0 Å². The molecule has 0 saturated heterocycles. The minimum absolute atomic E-state index is 0.210. The van der Waals surface area contributed by atoms with Crippen LogP contribution < -0.4 is 35.6 Å². The van der Waals surface area contributed by atoms with Crippen molar-refractivity contribution in [2.45, 2.75) is 45.2 Å². The Labute approximate surface area is 249 Å². The highest BCUT2D eigenvalue weighted by Gasteiger charge is 2.30. The number of nitrogens with one attached hydrogen (secondary N) is 4. The van der Waals surface area contributed by atoms with Crippen LogP contribution in [0.3, 0.4) is 0 Å². The van der Waals surface area contributed by atoms with Crippen LogP contribution in [0.2, 0.25) is 0 Å². The van der Waals surface area contributed by atoms with Crippen molar-refractivity contribution < 1.29 is 23.8 Å². The maximum Gasteiger partial charge on any atom is 0.248 e. The fraction of sp³-hybridized carbons (Fsp3) is 0.400. The largest absolute Gasteiger partial charge is 0.493 e. The van der Waals surface area contributed by atoms with Gasteiger partial charge < -0.3 is 30.2 Å². The Morgan fingerprint density at radius 3 is 2.50 bits per heavy atom. The lowest BCUT2D eigenvalue weighted by Gasteiger charge is -2.19. The second-order valence-corrected chi connectivity index (χ2v) is 11.0. The maximum atomic E-state index is 13.7. The first-order valence-electron chi connectivity index (χ1n) is 13.6. The predicted molar refractivity (Wildman–Crippen MR) is 165 cm³/mol. The number of carbonyl (C=O) groups excluding carboxylic acids is 2. The van der Waals surface area contributed by atoms with Crippen LogP contribution in [0.4, 0.5) is 11.5 Å². The highest BCUT2D eigenvalue weighted by molar-refractivity contribution is 7.98. The van der Waals surface area contributed by atoms with Gasteiger partial charge in [-0.2, -0.15) is 16.9 Å². The van der Waals surface area contributed by atoms with E-state index in [1.165, 1.54) is 20.1 Å². The first-order valence-corrected chi connectivity index (χ1v) is 15.0. The zero-order chi connectivity index (χ0) is 30.4. The number of ether oxygens (including phenoxy) is 3. The van der Waals surface area contributed by atoms with Gasteiger partial charge in [-0.05, 0) is 73.1 Å². The molecule has 1 aliphatic rings. The molecule has 1 unspecified atom stereocenters. The van der Waals surface area contributed by atoms with Crippen LogP contribution in [-0.2, 0) is 16.0 Å². The second kappa shape index (κ2) is 13.6. The molecule has 11 nitrogen and oxygen atoms in total. The second-order valence-electron chi connectivity index (χ2n) is 10.00. The number of carbonyl (C=O) groups is 2. The lowest BCUT2D eigenvalue weighted by atomic mass is 9.95. The van der Waals surface area contributed by atoms with Crippen LogP contribution in [-0.4, -0.2) is 61.4 Å². The van der Waals surface area contributed by atoms with E-state index in [2.05, 4.69) is 26.1 Å². The Morgan fingerprint density at radius 2 is 1.88 bits per heavy atom. The monoisotopic (exact) mass is 595 g/mol. The summed E-state index contributed by atoms with van der Waals surface area (Å²) in [5.41, 5.74) is 3.79. The molecule has 42 heavy (non-hydrogen) atoms. The fourth-order valence-corrected chi connectivity index (χ4v) is 5.69. The summed E-state index contributed by atoms with van der Waals surface area (Å²) in [5, 5.41) is 15.9. The van der Waals surface area contributed by atoms with Crippen LogP contribution in [0.15, 0.2) is 35.1 Å². The number of fused-ring (bicyclic) bond motifs is 3. The molecule has 2 amide bonds. The van der Waals surface area contributed by atoms with E-state index in [0.717, 1.165) is 16.8 Å². The standard InChI is InChI=1S/C30H37N5O6S/c1-16-13-26(35-34-16)33-30(38)23(11-12-42-6)32-22-10-8-19-20(15-24(22)37)21(31-17(2)36)9-7-18-14-25(39-3)28(40-4)29(41-5)27(18)19/h8,10,13-15,21,23H,7,9,11-12H2,1-6H3,(H,31,36)(H,32,37)(H2,33,34,35,38)/t21-,23?/m0/s1. The molecule has 2 atom stereocenters. The van der Waals surface area contributed by atoms with Gasteiger partial charge in [0, 0.05) is 24.2 Å². The maximum absolute atomic E-state index is 13.7. The molecule has 4 N–H and O–H groups in total. The molecule has 2 aromatic carbocycles. The number of thioether (sulfide) groups is 1. The summed E-state index contributed by atoms with van der Waals surface area (Å²) in [5.74, 6) is 2.02. The number of hydrogen-bond donors (Lipinski definition) is 4. The Balaban J connectivity index is 1.84. The van der Waals surface area contributed by atoms with Crippen molar-refractivity contribution in [2.24, 2.45) is 0 Å². The number of aryl methyl sites for hydroxylation is 2. The van der Waals surface area contributed by atoms with E-state index in [4.69, 9.17) is 14.2 Å². The van der Waals surface area contributed by atoms with E-state index in [0.29, 0.717) is 59.2 Å². The Morgan fingerprint density at radius 1 is 1.12 bits per heavy atom. The highest BCUT2D eigenvalue weighted by atomic mass is 32.2. The minimum atomic E-state index is -0.693. The van der Waals surface area contributed by atoms with Gasteiger partial charge in [0.2, 0.25) is 23.0 Å². The van der Waals surface area contributed by atoms with Crippen molar-refractivity contribution in [3.63, 3.8) is 0 Å². The third-order valence-electron chi connectivity index (χ3n) is 7.13. The van der Waals surface area contributed by atoms with Crippen molar-refractivity contribution in [3.8, 4) is 28.4 Å². The van der Waals surface area contributed by atoms with Crippen LogP contribution in [0, 0.1) is 6.92 Å². The van der Waals surface area contributed by atoms with E-state index in [1.54, 1.807) is 38.1 Å². The smallest absolute Gasteiger partial charge is 0.248 e. The first kappa shape index (κ1) is 30.8. The molecule has 0 radical (unpaired) electrons. The van der Waals surface area contributed by atoms with Crippen LogP contribution in [0.5, 0.6) is 17.2 Å². The van der Waals surface area contributed by atoms with Crippen molar-refractivity contribution in [2.75, 3.05) is 44.0 Å². The van der Waals surface area contributed by atoms with Crippen molar-refractivity contribution >= 4 is 35.1 Å². The zero-order valence-corrected chi connectivity index (χ0v) is 25.5. The summed E-state index contributed by atoms with van der Waals surface area (Å²) in [6.07, 6.45) is 3.59. The van der Waals surface area contributed by atoms with Crippen LogP contribution in [0.25, 0.3) is 11.1 Å². The van der Waals surface area contributed by atoms with E-state index in [9.17, 15) is 14.4 Å². The molecule has 12 heteroatoms. The molecule has 0 spiro atoms. The van der Waals surface area contributed by atoms with Gasteiger partial charge in [0.25, 0.3) is 0 Å². The van der Waals surface area contributed by atoms with Gasteiger partial charge in [-0.15, -0.1) is 0 Å². The number of benzene rings is 1. The van der Waals surface area contributed by atoms with Gasteiger partial charge in [0.15, 0.2) is 17.3 Å². The third kappa shape index (κ3) is 6.64. The van der Waals surface area contributed by atoms with Gasteiger partial charge in [-0.1, -0.05) is 6.07 Å². The van der Waals surface area contributed by atoms with Crippen molar-refractivity contribution in [3.05, 3.63) is 57.4 Å². The lowest BCUT2D eigenvalue weighted by molar-refractivity contribution is -0.120. The molecule has 4 rings (SSSR count). The summed E-state index contributed by atoms with van der Waals surface area (Å²) in [7, 11) is 4.66. The molecular formula is C30H37N5O6S. The van der Waals surface area contributed by atoms with Crippen LogP contribution >= 0.6 is 11.8 Å². The number of anilines is 2. The van der Waals surface area contributed by atoms with Crippen LogP contribution in [0.1, 0.15) is 42.6 Å². The zero-order valence-electron chi connectivity index (χ0n) is 24.7. The van der Waals surface area contributed by atoms with E-state index < -0.39 is 12.1 Å². The summed E-state index contributed by atoms with van der Waals surface area (Å²) in [4.78, 5) is 39.2. The number of aromatic amines is 1. The van der Waals surface area contributed by atoms with E-state index in [-0.39, 0.29) is 22.9 Å². The molecule has 1 heterocycles.